The van der Waals surface area contributed by atoms with Gasteiger partial charge in [0, 0.05) is 49.0 Å². The van der Waals surface area contributed by atoms with Gasteiger partial charge in [0.1, 0.15) is 11.9 Å². The molecule has 204 valence electrons. The number of carbonyl (C=O) groups excluding carboxylic acids is 1. The molecule has 0 spiro atoms. The van der Waals surface area contributed by atoms with Gasteiger partial charge >= 0.3 is 5.97 Å². The predicted octanol–water partition coefficient (Wildman–Crippen LogP) is 3.95. The van der Waals surface area contributed by atoms with Gasteiger partial charge < -0.3 is 29.2 Å². The summed E-state index contributed by atoms with van der Waals surface area (Å²) in [6.07, 6.45) is 8.85. The molecule has 1 fully saturated rings. The fourth-order valence-corrected chi connectivity index (χ4v) is 4.73. The second-order valence-corrected chi connectivity index (χ2v) is 10.7. The molecular weight excluding hydrogens is 500 g/mol. The SMILES string of the molecule is Cc1cc(-c2nc(C(=O)Nc3cn4cc(CCC(C)(C)O)nc4cc3N3CCC(C(=O)O)CC3)co2)ccn1. The highest BCUT2D eigenvalue weighted by molar-refractivity contribution is 6.05. The van der Waals surface area contributed by atoms with Gasteiger partial charge in [-0.2, -0.15) is 0 Å². The van der Waals surface area contributed by atoms with Crippen molar-refractivity contribution in [1.82, 2.24) is 19.4 Å². The van der Waals surface area contributed by atoms with Gasteiger partial charge in [-0.05, 0) is 58.6 Å². The number of aliphatic hydroxyl groups is 1. The lowest BCUT2D eigenvalue weighted by Gasteiger charge is -2.33. The molecular formula is C28H32N6O5. The molecule has 4 aromatic rings. The molecule has 0 unspecified atom stereocenters. The predicted molar refractivity (Wildman–Crippen MR) is 145 cm³/mol. The second-order valence-electron chi connectivity index (χ2n) is 10.7. The van der Waals surface area contributed by atoms with Crippen molar-refractivity contribution in [3.63, 3.8) is 0 Å². The first kappa shape index (κ1) is 26.4. The summed E-state index contributed by atoms with van der Waals surface area (Å²) < 4.78 is 7.42. The second kappa shape index (κ2) is 10.5. The van der Waals surface area contributed by atoms with Crippen LogP contribution in [0.5, 0.6) is 0 Å². The number of piperidine rings is 1. The van der Waals surface area contributed by atoms with Gasteiger partial charge in [0.25, 0.3) is 5.91 Å². The zero-order valence-electron chi connectivity index (χ0n) is 22.2. The Kier molecular flexibility index (Phi) is 7.09. The molecule has 5 rings (SSSR count). The van der Waals surface area contributed by atoms with E-state index in [1.54, 1.807) is 32.3 Å². The van der Waals surface area contributed by atoms with Crippen molar-refractivity contribution in [3.05, 3.63) is 60.1 Å². The molecule has 0 saturated carbocycles. The van der Waals surface area contributed by atoms with Crippen molar-refractivity contribution < 1.29 is 24.2 Å². The average molecular weight is 533 g/mol. The summed E-state index contributed by atoms with van der Waals surface area (Å²) in [5.41, 5.74) is 3.69. The highest BCUT2D eigenvalue weighted by Crippen LogP contribution is 2.32. The monoisotopic (exact) mass is 532 g/mol. The third-order valence-electron chi connectivity index (χ3n) is 6.93. The molecule has 3 N–H and O–H groups in total. The maximum Gasteiger partial charge on any atom is 0.306 e. The van der Waals surface area contributed by atoms with Crippen LogP contribution < -0.4 is 10.2 Å². The number of aryl methyl sites for hydroxylation is 2. The average Bonchev–Trinajstić information content (AvgIpc) is 3.54. The van der Waals surface area contributed by atoms with Gasteiger partial charge in [-0.25, -0.2) is 9.97 Å². The maximum absolute atomic E-state index is 13.3. The third-order valence-corrected chi connectivity index (χ3v) is 6.93. The number of hydrogen-bond acceptors (Lipinski definition) is 8. The number of imidazole rings is 1. The first-order valence-corrected chi connectivity index (χ1v) is 13.0. The van der Waals surface area contributed by atoms with Crippen LogP contribution >= 0.6 is 0 Å². The molecule has 0 bridgehead atoms. The number of hydrogen-bond donors (Lipinski definition) is 3. The fourth-order valence-electron chi connectivity index (χ4n) is 4.73. The number of carboxylic acid groups (broad SMARTS) is 1. The van der Waals surface area contributed by atoms with Crippen LogP contribution in [0, 0.1) is 12.8 Å². The molecule has 11 heteroatoms. The van der Waals surface area contributed by atoms with Crippen LogP contribution in [0.2, 0.25) is 0 Å². The van der Waals surface area contributed by atoms with Gasteiger partial charge in [-0.3, -0.25) is 14.6 Å². The van der Waals surface area contributed by atoms with E-state index in [0.29, 0.717) is 56.0 Å². The number of carbonyl (C=O) groups is 2. The molecule has 39 heavy (non-hydrogen) atoms. The van der Waals surface area contributed by atoms with Crippen LogP contribution in [0.25, 0.3) is 17.1 Å². The number of nitrogens with zero attached hydrogens (tertiary/aromatic N) is 5. The molecule has 0 radical (unpaired) electrons. The molecule has 5 heterocycles. The number of pyridine rings is 2. The van der Waals surface area contributed by atoms with E-state index in [1.807, 2.05) is 29.7 Å². The summed E-state index contributed by atoms with van der Waals surface area (Å²) in [6.45, 7) is 6.47. The zero-order valence-corrected chi connectivity index (χ0v) is 22.2. The largest absolute Gasteiger partial charge is 0.481 e. The van der Waals surface area contributed by atoms with Crippen molar-refractivity contribution in [2.24, 2.45) is 5.92 Å². The third kappa shape index (κ3) is 6.09. The molecule has 0 aromatic carbocycles. The minimum absolute atomic E-state index is 0.131. The lowest BCUT2D eigenvalue weighted by molar-refractivity contribution is -0.142. The van der Waals surface area contributed by atoms with Gasteiger partial charge in [0.15, 0.2) is 5.69 Å². The topological polar surface area (TPSA) is 146 Å². The van der Waals surface area contributed by atoms with Crippen LogP contribution in [-0.2, 0) is 11.2 Å². The minimum atomic E-state index is -0.806. The zero-order chi connectivity index (χ0) is 27.7. The minimum Gasteiger partial charge on any atom is -0.481 e. The van der Waals surface area contributed by atoms with Crippen molar-refractivity contribution in [2.75, 3.05) is 23.3 Å². The Morgan fingerprint density at radius 1 is 1.18 bits per heavy atom. The Morgan fingerprint density at radius 3 is 2.64 bits per heavy atom. The number of fused-ring (bicyclic) bond motifs is 1. The van der Waals surface area contributed by atoms with Crippen molar-refractivity contribution in [2.45, 2.75) is 52.1 Å². The molecule has 0 atom stereocenters. The quantitative estimate of drug-likeness (QED) is 0.307. The number of carboxylic acids is 1. The highest BCUT2D eigenvalue weighted by atomic mass is 16.4. The van der Waals surface area contributed by atoms with Crippen LogP contribution in [0.4, 0.5) is 11.4 Å². The number of oxazole rings is 1. The van der Waals surface area contributed by atoms with Gasteiger partial charge in [0.2, 0.25) is 5.89 Å². The van der Waals surface area contributed by atoms with E-state index in [4.69, 9.17) is 9.40 Å². The van der Waals surface area contributed by atoms with E-state index in [9.17, 15) is 19.8 Å². The number of amides is 1. The van der Waals surface area contributed by atoms with Gasteiger partial charge in [-0.15, -0.1) is 0 Å². The Labute approximate surface area is 225 Å². The van der Waals surface area contributed by atoms with E-state index in [2.05, 4.69) is 20.2 Å². The highest BCUT2D eigenvalue weighted by Gasteiger charge is 2.27. The Morgan fingerprint density at radius 2 is 1.95 bits per heavy atom. The molecule has 11 nitrogen and oxygen atoms in total. The standard InChI is InChI=1S/C28H32N6O5/c1-17-12-19(5-9-29-17)26-32-22(16-39-26)25(35)31-21-15-34-14-20(4-8-28(2,3)38)30-24(34)13-23(21)33-10-6-18(7-11-33)27(36)37/h5,9,12-16,18,38H,4,6-8,10-11H2,1-3H3,(H,31,35)(H,36,37). The number of nitrogens with one attached hydrogen (secondary N) is 1. The molecule has 1 aliphatic heterocycles. The van der Waals surface area contributed by atoms with E-state index < -0.39 is 17.5 Å². The molecule has 1 saturated heterocycles. The summed E-state index contributed by atoms with van der Waals surface area (Å²) >= 11 is 0. The van der Waals surface area contributed by atoms with Crippen molar-refractivity contribution >= 4 is 28.9 Å². The summed E-state index contributed by atoms with van der Waals surface area (Å²) in [5.74, 6) is -1.27. The fraction of sp³-hybridized carbons (Fsp3) is 0.393. The van der Waals surface area contributed by atoms with E-state index in [-0.39, 0.29) is 11.6 Å². The normalized spacial score (nSPS) is 14.6. The first-order valence-electron chi connectivity index (χ1n) is 13.0. The Balaban J connectivity index is 1.44. The summed E-state index contributed by atoms with van der Waals surface area (Å²) in [6, 6.07) is 5.49. The molecule has 4 aromatic heterocycles. The van der Waals surface area contributed by atoms with E-state index in [0.717, 1.165) is 22.6 Å². The van der Waals surface area contributed by atoms with E-state index in [1.165, 1.54) is 6.26 Å². The van der Waals surface area contributed by atoms with E-state index >= 15 is 0 Å². The van der Waals surface area contributed by atoms with Gasteiger partial charge in [0.05, 0.1) is 28.6 Å². The van der Waals surface area contributed by atoms with Crippen LogP contribution in [0.15, 0.2) is 47.5 Å². The molecule has 0 aliphatic carbocycles. The number of aromatic nitrogens is 4. The van der Waals surface area contributed by atoms with Crippen LogP contribution in [0.1, 0.15) is 55.0 Å². The molecule has 1 amide bonds. The Bertz CT molecular complexity index is 1510. The smallest absolute Gasteiger partial charge is 0.306 e. The van der Waals surface area contributed by atoms with Gasteiger partial charge in [-0.1, -0.05) is 0 Å². The van der Waals surface area contributed by atoms with Crippen LogP contribution in [-0.4, -0.2) is 60.1 Å². The maximum atomic E-state index is 13.3. The number of aliphatic carboxylic acids is 1. The lowest BCUT2D eigenvalue weighted by Crippen LogP contribution is -2.37. The van der Waals surface area contributed by atoms with Crippen molar-refractivity contribution in [1.29, 1.82) is 0 Å². The Hall–Kier alpha value is -4.25. The number of anilines is 2. The lowest BCUT2D eigenvalue weighted by atomic mass is 9.96. The van der Waals surface area contributed by atoms with Crippen molar-refractivity contribution in [3.8, 4) is 11.5 Å². The molecule has 1 aliphatic rings. The summed E-state index contributed by atoms with van der Waals surface area (Å²) in [7, 11) is 0. The first-order chi connectivity index (χ1) is 18.6. The summed E-state index contributed by atoms with van der Waals surface area (Å²) in [4.78, 5) is 40.1. The number of rotatable bonds is 8. The summed E-state index contributed by atoms with van der Waals surface area (Å²) in [5, 5.41) is 22.5. The van der Waals surface area contributed by atoms with Crippen LogP contribution in [0.3, 0.4) is 0 Å².